The normalized spacial score (nSPS) is 12.1. The second-order valence-electron chi connectivity index (χ2n) is 16.9. The summed E-state index contributed by atoms with van der Waals surface area (Å²) in [5.74, 6) is 0. The maximum Gasteiger partial charge on any atom is 0.135 e. The summed E-state index contributed by atoms with van der Waals surface area (Å²) in [4.78, 5) is 0. The summed E-state index contributed by atoms with van der Waals surface area (Å²) in [6.07, 6.45) is 0. The van der Waals surface area contributed by atoms with Crippen molar-refractivity contribution in [3.05, 3.63) is 224 Å². The first-order valence-electron chi connectivity index (χ1n) is 21.9. The molecule has 0 spiro atoms. The number of benzene rings is 10. The molecule has 0 aliphatic heterocycles. The third-order valence-corrected chi connectivity index (χ3v) is 13.4. The lowest BCUT2D eigenvalue weighted by Gasteiger charge is -2.16. The first-order chi connectivity index (χ1) is 31.7. The highest BCUT2D eigenvalue weighted by atomic mass is 16.3. The fourth-order valence-electron chi connectivity index (χ4n) is 10.6. The predicted molar refractivity (Wildman–Crippen MR) is 268 cm³/mol. The lowest BCUT2D eigenvalue weighted by atomic mass is 9.98. The molecule has 0 amide bonds. The second kappa shape index (κ2) is 13.4. The number of aromatic nitrogens is 3. The van der Waals surface area contributed by atoms with Crippen LogP contribution in [0.1, 0.15) is 0 Å². The number of fused-ring (bicyclic) bond motifs is 12. The second-order valence-corrected chi connectivity index (χ2v) is 16.9. The molecule has 0 aliphatic rings. The average Bonchev–Trinajstić information content (AvgIpc) is 4.10. The van der Waals surface area contributed by atoms with Crippen LogP contribution in [0.4, 0.5) is 0 Å². The number of furan rings is 1. The molecule has 64 heavy (non-hydrogen) atoms. The molecule has 0 unspecified atom stereocenters. The van der Waals surface area contributed by atoms with Crippen molar-refractivity contribution >= 4 is 87.4 Å². The van der Waals surface area contributed by atoms with Gasteiger partial charge in [0, 0.05) is 60.2 Å². The highest BCUT2D eigenvalue weighted by molar-refractivity contribution is 6.14. The maximum absolute atomic E-state index is 6.22. The summed E-state index contributed by atoms with van der Waals surface area (Å²) in [5.41, 5.74) is 16.9. The molecule has 0 N–H and O–H groups in total. The monoisotopic (exact) mass is 815 g/mol. The van der Waals surface area contributed by atoms with Gasteiger partial charge in [-0.3, -0.25) is 0 Å². The fraction of sp³-hybridized carbons (Fsp3) is 0. The highest BCUT2D eigenvalue weighted by Gasteiger charge is 2.20. The van der Waals surface area contributed by atoms with Crippen LogP contribution in [0.3, 0.4) is 0 Å². The van der Waals surface area contributed by atoms with Gasteiger partial charge in [-0.25, -0.2) is 0 Å². The van der Waals surface area contributed by atoms with Crippen LogP contribution in [0, 0.1) is 0 Å². The maximum atomic E-state index is 6.22. The molecule has 4 aromatic heterocycles. The number of para-hydroxylation sites is 6. The van der Waals surface area contributed by atoms with Crippen LogP contribution >= 0.6 is 0 Å². The Morgan fingerprint density at radius 3 is 1.12 bits per heavy atom. The summed E-state index contributed by atoms with van der Waals surface area (Å²) in [5, 5.41) is 9.64. The predicted octanol–water partition coefficient (Wildman–Crippen LogP) is 16.2. The summed E-state index contributed by atoms with van der Waals surface area (Å²) in [6.45, 7) is 0. The molecule has 298 valence electrons. The van der Waals surface area contributed by atoms with E-state index in [4.69, 9.17) is 4.42 Å². The van der Waals surface area contributed by atoms with Crippen molar-refractivity contribution in [2.24, 2.45) is 0 Å². The Kier molecular flexibility index (Phi) is 7.36. The standard InChI is InChI=1S/C60H37N3O/c1-2-14-42(15-3-1)61-57-29-26-38(39-28-31-60-52(36-39)49-20-8-13-25-59(49)64-60)34-50(57)51-35-40(27-30-58(51)61)41-32-43(62-53-21-9-4-16-45(53)46-17-5-10-22-54(46)62)37-44(33-41)63-55-23-11-6-18-47(55)48-19-7-12-24-56(48)63/h1-37H. The number of nitrogens with zero attached hydrogens (tertiary/aromatic N) is 3. The molecular weight excluding hydrogens is 779 g/mol. The Hall–Kier alpha value is -8.60. The Bertz CT molecular complexity index is 3960. The van der Waals surface area contributed by atoms with E-state index in [1.165, 1.54) is 71.0 Å². The lowest BCUT2D eigenvalue weighted by molar-refractivity contribution is 0.669. The van der Waals surface area contributed by atoms with Crippen molar-refractivity contribution in [3.8, 4) is 39.3 Å². The summed E-state index contributed by atoms with van der Waals surface area (Å²) in [6, 6.07) is 81.8. The van der Waals surface area contributed by atoms with Crippen LogP contribution in [0.15, 0.2) is 229 Å². The van der Waals surface area contributed by atoms with E-state index in [-0.39, 0.29) is 0 Å². The van der Waals surface area contributed by atoms with E-state index in [2.05, 4.69) is 226 Å². The van der Waals surface area contributed by atoms with Crippen LogP contribution in [0.5, 0.6) is 0 Å². The highest BCUT2D eigenvalue weighted by Crippen LogP contribution is 2.41. The Labute approximate surface area is 367 Å². The molecule has 10 aromatic carbocycles. The number of rotatable bonds is 5. The number of hydrogen-bond donors (Lipinski definition) is 0. The van der Waals surface area contributed by atoms with Gasteiger partial charge in [-0.15, -0.1) is 0 Å². The van der Waals surface area contributed by atoms with Gasteiger partial charge in [-0.1, -0.05) is 127 Å². The molecule has 14 rings (SSSR count). The summed E-state index contributed by atoms with van der Waals surface area (Å²) >= 11 is 0. The Morgan fingerprint density at radius 1 is 0.219 bits per heavy atom. The van der Waals surface area contributed by atoms with Crippen molar-refractivity contribution in [3.63, 3.8) is 0 Å². The summed E-state index contributed by atoms with van der Waals surface area (Å²) < 4.78 is 13.5. The van der Waals surface area contributed by atoms with Gasteiger partial charge < -0.3 is 18.1 Å². The average molecular weight is 816 g/mol. The molecule has 4 heterocycles. The van der Waals surface area contributed by atoms with Crippen LogP contribution < -0.4 is 0 Å². The molecule has 0 saturated heterocycles. The van der Waals surface area contributed by atoms with Crippen molar-refractivity contribution in [1.29, 1.82) is 0 Å². The molecule has 14 aromatic rings. The van der Waals surface area contributed by atoms with Gasteiger partial charge in [0.2, 0.25) is 0 Å². The van der Waals surface area contributed by atoms with E-state index < -0.39 is 0 Å². The molecule has 0 atom stereocenters. The minimum Gasteiger partial charge on any atom is -0.456 e. The zero-order chi connectivity index (χ0) is 41.9. The van der Waals surface area contributed by atoms with E-state index in [0.717, 1.165) is 55.7 Å². The van der Waals surface area contributed by atoms with Crippen molar-refractivity contribution in [2.75, 3.05) is 0 Å². The summed E-state index contributed by atoms with van der Waals surface area (Å²) in [7, 11) is 0. The minimum atomic E-state index is 0.903. The zero-order valence-electron chi connectivity index (χ0n) is 34.6. The topological polar surface area (TPSA) is 27.9 Å². The van der Waals surface area contributed by atoms with Crippen LogP contribution in [-0.2, 0) is 0 Å². The zero-order valence-corrected chi connectivity index (χ0v) is 34.6. The van der Waals surface area contributed by atoms with Crippen molar-refractivity contribution in [2.45, 2.75) is 0 Å². The molecule has 0 aliphatic carbocycles. The first kappa shape index (κ1) is 35.0. The quantitative estimate of drug-likeness (QED) is 0.170. The van der Waals surface area contributed by atoms with Gasteiger partial charge in [-0.05, 0) is 119 Å². The smallest absolute Gasteiger partial charge is 0.135 e. The Balaban J connectivity index is 1.04. The van der Waals surface area contributed by atoms with Gasteiger partial charge in [0.05, 0.1) is 33.1 Å². The molecule has 0 fully saturated rings. The van der Waals surface area contributed by atoms with Crippen molar-refractivity contribution in [1.82, 2.24) is 13.7 Å². The molecule has 4 heteroatoms. The molecular formula is C60H37N3O. The number of hydrogen-bond acceptors (Lipinski definition) is 1. The van der Waals surface area contributed by atoms with Gasteiger partial charge in [0.1, 0.15) is 11.2 Å². The van der Waals surface area contributed by atoms with E-state index in [9.17, 15) is 0 Å². The van der Waals surface area contributed by atoms with Crippen LogP contribution in [0.2, 0.25) is 0 Å². The van der Waals surface area contributed by atoms with Gasteiger partial charge in [-0.2, -0.15) is 0 Å². The third kappa shape index (κ3) is 5.11. The van der Waals surface area contributed by atoms with E-state index in [0.29, 0.717) is 0 Å². The first-order valence-corrected chi connectivity index (χ1v) is 21.9. The molecule has 0 bridgehead atoms. The Morgan fingerprint density at radius 2 is 0.594 bits per heavy atom. The molecule has 4 nitrogen and oxygen atoms in total. The molecule has 0 saturated carbocycles. The molecule has 0 radical (unpaired) electrons. The largest absolute Gasteiger partial charge is 0.456 e. The van der Waals surface area contributed by atoms with E-state index >= 15 is 0 Å². The minimum absolute atomic E-state index is 0.903. The third-order valence-electron chi connectivity index (χ3n) is 13.4. The fourth-order valence-corrected chi connectivity index (χ4v) is 10.6. The van der Waals surface area contributed by atoms with Gasteiger partial charge in [0.25, 0.3) is 0 Å². The lowest BCUT2D eigenvalue weighted by Crippen LogP contribution is -2.00. The van der Waals surface area contributed by atoms with E-state index in [1.54, 1.807) is 0 Å². The van der Waals surface area contributed by atoms with Crippen molar-refractivity contribution < 1.29 is 4.42 Å². The van der Waals surface area contributed by atoms with Crippen LogP contribution in [-0.4, -0.2) is 13.7 Å². The SMILES string of the molecule is c1ccc(-n2c3ccc(-c4cc(-n5c6ccccc6c6ccccc65)cc(-n5c6ccccc6c6ccccc65)c4)cc3c3cc(-c4ccc5oc6ccccc6c5c4)ccc32)cc1. The van der Waals surface area contributed by atoms with Crippen LogP contribution in [0.25, 0.3) is 127 Å². The van der Waals surface area contributed by atoms with Gasteiger partial charge in [0.15, 0.2) is 0 Å². The van der Waals surface area contributed by atoms with E-state index in [1.807, 2.05) is 12.1 Å². The van der Waals surface area contributed by atoms with Gasteiger partial charge >= 0.3 is 0 Å².